The van der Waals surface area contributed by atoms with Crippen molar-refractivity contribution in [2.75, 3.05) is 32.1 Å². The van der Waals surface area contributed by atoms with Crippen molar-refractivity contribution in [3.05, 3.63) is 33.9 Å². The normalized spacial score (nSPS) is 17.8. The number of nitro groups is 1. The van der Waals surface area contributed by atoms with Crippen molar-refractivity contribution in [1.82, 2.24) is 4.90 Å². The second-order valence-corrected chi connectivity index (χ2v) is 4.91. The fraction of sp³-hybridized carbons (Fsp3) is 0.500. The van der Waals surface area contributed by atoms with Crippen LogP contribution in [0.1, 0.15) is 23.7 Å². The van der Waals surface area contributed by atoms with E-state index >= 15 is 0 Å². The highest BCUT2D eigenvalue weighted by molar-refractivity contribution is 6.00. The number of rotatable bonds is 5. The molecule has 21 heavy (non-hydrogen) atoms. The van der Waals surface area contributed by atoms with E-state index in [2.05, 4.69) is 5.32 Å². The molecule has 1 fully saturated rings. The van der Waals surface area contributed by atoms with Gasteiger partial charge in [0.25, 0.3) is 11.6 Å². The highest BCUT2D eigenvalue weighted by Crippen LogP contribution is 2.25. The van der Waals surface area contributed by atoms with Gasteiger partial charge in [0.1, 0.15) is 0 Å². The molecule has 1 amide bonds. The van der Waals surface area contributed by atoms with Crippen molar-refractivity contribution in [3.63, 3.8) is 0 Å². The van der Waals surface area contributed by atoms with Gasteiger partial charge in [0.2, 0.25) is 0 Å². The van der Waals surface area contributed by atoms with Crippen molar-refractivity contribution in [3.8, 4) is 0 Å². The molecule has 1 heterocycles. The van der Waals surface area contributed by atoms with Gasteiger partial charge in [-0.05, 0) is 19.4 Å². The first kappa shape index (κ1) is 15.2. The summed E-state index contributed by atoms with van der Waals surface area (Å²) >= 11 is 0. The fourth-order valence-electron chi connectivity index (χ4n) is 2.44. The third-order valence-electron chi connectivity index (χ3n) is 3.58. The Hall–Kier alpha value is -2.15. The number of anilines is 1. The second kappa shape index (κ2) is 6.53. The molecule has 0 spiro atoms. The summed E-state index contributed by atoms with van der Waals surface area (Å²) in [4.78, 5) is 24.7. The highest BCUT2D eigenvalue weighted by Gasteiger charge is 2.29. The van der Waals surface area contributed by atoms with Gasteiger partial charge < -0.3 is 15.0 Å². The van der Waals surface area contributed by atoms with Gasteiger partial charge in [-0.25, -0.2) is 0 Å². The Labute approximate surface area is 123 Å². The molecule has 0 aromatic heterocycles. The van der Waals surface area contributed by atoms with Gasteiger partial charge in [-0.1, -0.05) is 0 Å². The van der Waals surface area contributed by atoms with E-state index < -0.39 is 4.92 Å². The lowest BCUT2D eigenvalue weighted by Gasteiger charge is -2.18. The predicted molar refractivity (Wildman–Crippen MR) is 78.6 cm³/mol. The number of likely N-dealkylation sites (tertiary alicyclic amines) is 1. The first-order valence-electron chi connectivity index (χ1n) is 6.91. The third-order valence-corrected chi connectivity index (χ3v) is 3.58. The number of benzene rings is 1. The van der Waals surface area contributed by atoms with Crippen LogP contribution >= 0.6 is 0 Å². The molecule has 0 saturated carbocycles. The summed E-state index contributed by atoms with van der Waals surface area (Å²) in [5, 5.41) is 14.0. The maximum Gasteiger partial charge on any atom is 0.270 e. The van der Waals surface area contributed by atoms with Crippen molar-refractivity contribution < 1.29 is 14.5 Å². The van der Waals surface area contributed by atoms with Gasteiger partial charge in [-0.3, -0.25) is 14.9 Å². The van der Waals surface area contributed by atoms with E-state index in [0.29, 0.717) is 30.9 Å². The average molecular weight is 293 g/mol. The maximum atomic E-state index is 12.6. The molecule has 1 aromatic rings. The summed E-state index contributed by atoms with van der Waals surface area (Å²) in [6.07, 6.45) is 0.823. The van der Waals surface area contributed by atoms with Crippen molar-refractivity contribution in [2.45, 2.75) is 19.4 Å². The monoisotopic (exact) mass is 293 g/mol. The number of ether oxygens (including phenoxy) is 1. The highest BCUT2D eigenvalue weighted by atomic mass is 16.6. The smallest absolute Gasteiger partial charge is 0.270 e. The van der Waals surface area contributed by atoms with Crippen molar-refractivity contribution in [2.24, 2.45) is 0 Å². The van der Waals surface area contributed by atoms with Crippen molar-refractivity contribution in [1.29, 1.82) is 0 Å². The Morgan fingerprint density at radius 2 is 2.33 bits per heavy atom. The van der Waals surface area contributed by atoms with E-state index in [1.54, 1.807) is 18.1 Å². The van der Waals surface area contributed by atoms with Crippen LogP contribution < -0.4 is 5.32 Å². The topological polar surface area (TPSA) is 84.7 Å². The number of amides is 1. The molecule has 1 aliphatic rings. The Bertz CT molecular complexity index is 547. The van der Waals surface area contributed by atoms with Crippen LogP contribution in [-0.4, -0.2) is 48.6 Å². The molecule has 1 N–H and O–H groups in total. The first-order valence-corrected chi connectivity index (χ1v) is 6.91. The standard InChI is InChI=1S/C14H19N3O4/c1-3-15-13-5-4-10(17(19)20)8-12(13)14(18)16-7-6-11(9-16)21-2/h4-5,8,11,15H,3,6-7,9H2,1-2H3. The molecule has 0 bridgehead atoms. The summed E-state index contributed by atoms with van der Waals surface area (Å²) < 4.78 is 5.25. The predicted octanol–water partition coefficient (Wildman–Crippen LogP) is 1.89. The SMILES string of the molecule is CCNc1ccc([N+](=O)[O-])cc1C(=O)N1CCC(OC)C1. The lowest BCUT2D eigenvalue weighted by atomic mass is 10.1. The lowest BCUT2D eigenvalue weighted by molar-refractivity contribution is -0.384. The minimum absolute atomic E-state index is 0.0373. The number of methoxy groups -OCH3 is 1. The summed E-state index contributed by atoms with van der Waals surface area (Å²) in [6, 6.07) is 4.32. The van der Waals surface area contributed by atoms with Crippen LogP contribution in [0, 0.1) is 10.1 Å². The molecule has 2 rings (SSSR count). The Morgan fingerprint density at radius 3 is 2.90 bits per heavy atom. The zero-order valence-electron chi connectivity index (χ0n) is 12.2. The second-order valence-electron chi connectivity index (χ2n) is 4.91. The number of non-ortho nitro benzene ring substituents is 1. The van der Waals surface area contributed by atoms with E-state index in [1.807, 2.05) is 6.92 Å². The molecule has 0 radical (unpaired) electrons. The number of nitro benzene ring substituents is 1. The minimum atomic E-state index is -0.492. The largest absolute Gasteiger partial charge is 0.385 e. The average Bonchev–Trinajstić information content (AvgIpc) is 2.96. The van der Waals surface area contributed by atoms with Gasteiger partial charge in [0.15, 0.2) is 0 Å². The molecule has 1 atom stereocenters. The number of hydrogen-bond donors (Lipinski definition) is 1. The number of carbonyl (C=O) groups is 1. The molecule has 7 nitrogen and oxygen atoms in total. The van der Waals surface area contributed by atoms with E-state index in [1.165, 1.54) is 12.1 Å². The molecular formula is C14H19N3O4. The maximum absolute atomic E-state index is 12.6. The fourth-order valence-corrected chi connectivity index (χ4v) is 2.44. The molecule has 1 unspecified atom stereocenters. The zero-order chi connectivity index (χ0) is 15.4. The first-order chi connectivity index (χ1) is 10.1. The zero-order valence-corrected chi connectivity index (χ0v) is 12.2. The van der Waals surface area contributed by atoms with Crippen LogP contribution in [0.3, 0.4) is 0 Å². The number of nitrogens with one attached hydrogen (secondary N) is 1. The van der Waals surface area contributed by atoms with Crippen molar-refractivity contribution >= 4 is 17.3 Å². The third kappa shape index (κ3) is 3.30. The Morgan fingerprint density at radius 1 is 1.57 bits per heavy atom. The van der Waals surface area contributed by atoms with E-state index in [4.69, 9.17) is 4.74 Å². The van der Waals surface area contributed by atoms with Crippen LogP contribution in [0.4, 0.5) is 11.4 Å². The number of carbonyl (C=O) groups excluding carboxylic acids is 1. The molecular weight excluding hydrogens is 274 g/mol. The van der Waals surface area contributed by atoms with Crippen LogP contribution in [0.15, 0.2) is 18.2 Å². The van der Waals surface area contributed by atoms with E-state index in [0.717, 1.165) is 6.42 Å². The molecule has 1 aliphatic heterocycles. The van der Waals surface area contributed by atoms with Gasteiger partial charge in [0.05, 0.1) is 16.6 Å². The summed E-state index contributed by atoms with van der Waals surface area (Å²) in [5.41, 5.74) is 0.874. The Kier molecular flexibility index (Phi) is 4.74. The minimum Gasteiger partial charge on any atom is -0.385 e. The number of hydrogen-bond acceptors (Lipinski definition) is 5. The molecule has 1 saturated heterocycles. The number of nitrogens with zero attached hydrogens (tertiary/aromatic N) is 2. The van der Waals surface area contributed by atoms with Gasteiger partial charge in [-0.15, -0.1) is 0 Å². The summed E-state index contributed by atoms with van der Waals surface area (Å²) in [5.74, 6) is -0.200. The van der Waals surface area contributed by atoms with Gasteiger partial charge >= 0.3 is 0 Å². The van der Waals surface area contributed by atoms with Crippen LogP contribution in [0.5, 0.6) is 0 Å². The molecule has 1 aromatic carbocycles. The quantitative estimate of drug-likeness (QED) is 0.662. The van der Waals surface area contributed by atoms with Crippen LogP contribution in [-0.2, 0) is 4.74 Å². The van der Waals surface area contributed by atoms with Gasteiger partial charge in [0, 0.05) is 44.6 Å². The molecule has 7 heteroatoms. The van der Waals surface area contributed by atoms with Gasteiger partial charge in [-0.2, -0.15) is 0 Å². The molecule has 114 valence electrons. The van der Waals surface area contributed by atoms with E-state index in [9.17, 15) is 14.9 Å². The summed E-state index contributed by atoms with van der Waals surface area (Å²) in [7, 11) is 1.62. The van der Waals surface area contributed by atoms with E-state index in [-0.39, 0.29) is 17.7 Å². The molecule has 0 aliphatic carbocycles. The lowest BCUT2D eigenvalue weighted by Crippen LogP contribution is -2.30. The van der Waals surface area contributed by atoms with Crippen LogP contribution in [0.25, 0.3) is 0 Å². The summed E-state index contributed by atoms with van der Waals surface area (Å²) in [6.45, 7) is 3.67. The van der Waals surface area contributed by atoms with Crippen LogP contribution in [0.2, 0.25) is 0 Å². The Balaban J connectivity index is 2.29.